The van der Waals surface area contributed by atoms with Gasteiger partial charge in [0.25, 0.3) is 0 Å². The molecule has 1 aliphatic heterocycles. The Morgan fingerprint density at radius 1 is 1.50 bits per heavy atom. The highest BCUT2D eigenvalue weighted by molar-refractivity contribution is 6.30. The third-order valence-corrected chi connectivity index (χ3v) is 4.15. The Hall–Kier alpha value is -1.36. The van der Waals surface area contributed by atoms with Gasteiger partial charge in [-0.3, -0.25) is 0 Å². The van der Waals surface area contributed by atoms with Crippen LogP contribution in [-0.4, -0.2) is 22.8 Å². The third kappa shape index (κ3) is 2.46. The van der Waals surface area contributed by atoms with Gasteiger partial charge in [0.15, 0.2) is 0 Å². The molecule has 1 aromatic carbocycles. The number of benzene rings is 1. The van der Waals surface area contributed by atoms with E-state index in [1.54, 1.807) is 6.33 Å². The van der Waals surface area contributed by atoms with Crippen molar-refractivity contribution in [3.8, 4) is 5.69 Å². The number of ether oxygens (including phenoxy) is 1. The predicted molar refractivity (Wildman–Crippen MR) is 79.2 cm³/mol. The number of aromatic nitrogens is 2. The molecule has 4 nitrogen and oxygen atoms in total. The van der Waals surface area contributed by atoms with E-state index in [1.807, 2.05) is 29.0 Å². The quantitative estimate of drug-likeness (QED) is 0.946. The minimum atomic E-state index is -0.0709. The highest BCUT2D eigenvalue weighted by Crippen LogP contribution is 2.29. The second kappa shape index (κ2) is 5.56. The molecule has 0 amide bonds. The van der Waals surface area contributed by atoms with Crippen LogP contribution in [0.5, 0.6) is 0 Å². The number of rotatable bonds is 3. The van der Waals surface area contributed by atoms with Gasteiger partial charge in [0, 0.05) is 17.5 Å². The van der Waals surface area contributed by atoms with Crippen molar-refractivity contribution in [2.75, 3.05) is 13.2 Å². The molecular formula is C15H18ClN3O. The zero-order valence-corrected chi connectivity index (χ0v) is 12.2. The van der Waals surface area contributed by atoms with Crippen LogP contribution < -0.4 is 5.73 Å². The Bertz CT molecular complexity index is 605. The molecule has 5 heteroatoms. The first-order chi connectivity index (χ1) is 9.66. The summed E-state index contributed by atoms with van der Waals surface area (Å²) in [6.45, 7) is 3.57. The molecule has 2 aromatic rings. The Kier molecular flexibility index (Phi) is 3.78. The van der Waals surface area contributed by atoms with Crippen LogP contribution in [0.3, 0.4) is 0 Å². The van der Waals surface area contributed by atoms with E-state index in [0.717, 1.165) is 36.6 Å². The van der Waals surface area contributed by atoms with Crippen LogP contribution in [0.25, 0.3) is 5.69 Å². The lowest BCUT2D eigenvalue weighted by atomic mass is 9.97. The summed E-state index contributed by atoms with van der Waals surface area (Å²) in [5.74, 6) is 0.352. The summed E-state index contributed by atoms with van der Waals surface area (Å²) in [4.78, 5) is 4.26. The molecule has 2 heterocycles. The standard InChI is InChI=1S/C15H18ClN3O/c1-10-2-3-12(16)6-13(10)19-9-18-7-14(19)15(17)11-4-5-20-8-11/h2-3,6-7,9,11,15H,4-5,8,17H2,1H3. The normalized spacial score (nSPS) is 20.2. The van der Waals surface area contributed by atoms with Crippen LogP contribution in [-0.2, 0) is 4.74 Å². The molecule has 1 saturated heterocycles. The Morgan fingerprint density at radius 3 is 3.10 bits per heavy atom. The highest BCUT2D eigenvalue weighted by atomic mass is 35.5. The Labute approximate surface area is 123 Å². The second-order valence-electron chi connectivity index (χ2n) is 5.27. The molecule has 1 fully saturated rings. The zero-order valence-electron chi connectivity index (χ0n) is 11.4. The fraction of sp³-hybridized carbons (Fsp3) is 0.400. The van der Waals surface area contributed by atoms with Crippen LogP contribution in [0, 0.1) is 12.8 Å². The molecule has 2 atom stereocenters. The lowest BCUT2D eigenvalue weighted by Gasteiger charge is -2.20. The van der Waals surface area contributed by atoms with Crippen molar-refractivity contribution < 1.29 is 4.74 Å². The van der Waals surface area contributed by atoms with Crippen LogP contribution in [0.15, 0.2) is 30.7 Å². The molecule has 106 valence electrons. The van der Waals surface area contributed by atoms with Gasteiger partial charge in [-0.25, -0.2) is 4.98 Å². The summed E-state index contributed by atoms with van der Waals surface area (Å²) >= 11 is 6.11. The van der Waals surface area contributed by atoms with Crippen molar-refractivity contribution in [3.63, 3.8) is 0 Å². The molecule has 20 heavy (non-hydrogen) atoms. The van der Waals surface area contributed by atoms with Crippen molar-refractivity contribution in [2.45, 2.75) is 19.4 Å². The van der Waals surface area contributed by atoms with Crippen molar-refractivity contribution in [2.24, 2.45) is 11.7 Å². The molecule has 0 saturated carbocycles. The van der Waals surface area contributed by atoms with Crippen molar-refractivity contribution in [1.82, 2.24) is 9.55 Å². The van der Waals surface area contributed by atoms with Crippen molar-refractivity contribution >= 4 is 11.6 Å². The summed E-state index contributed by atoms with van der Waals surface area (Å²) < 4.78 is 7.47. The first-order valence-corrected chi connectivity index (χ1v) is 7.16. The first-order valence-electron chi connectivity index (χ1n) is 6.79. The third-order valence-electron chi connectivity index (χ3n) is 3.91. The number of hydrogen-bond acceptors (Lipinski definition) is 3. The van der Waals surface area contributed by atoms with E-state index in [1.165, 1.54) is 0 Å². The molecule has 2 N–H and O–H groups in total. The maximum Gasteiger partial charge on any atom is 0.0994 e. The van der Waals surface area contributed by atoms with Gasteiger partial charge >= 0.3 is 0 Å². The number of nitrogens with two attached hydrogens (primary N) is 1. The summed E-state index contributed by atoms with van der Waals surface area (Å²) in [7, 11) is 0. The van der Waals surface area contributed by atoms with Gasteiger partial charge in [0.05, 0.1) is 36.6 Å². The molecular weight excluding hydrogens is 274 g/mol. The molecule has 2 unspecified atom stereocenters. The maximum atomic E-state index is 6.40. The van der Waals surface area contributed by atoms with Crippen LogP contribution in [0.4, 0.5) is 0 Å². The average molecular weight is 292 g/mol. The van der Waals surface area contributed by atoms with Gasteiger partial charge in [-0.1, -0.05) is 17.7 Å². The molecule has 0 bridgehead atoms. The highest BCUT2D eigenvalue weighted by Gasteiger charge is 2.26. The molecule has 0 spiro atoms. The number of nitrogens with zero attached hydrogens (tertiary/aromatic N) is 2. The van der Waals surface area contributed by atoms with Gasteiger partial charge in [0.1, 0.15) is 0 Å². The molecule has 0 aliphatic carbocycles. The molecule has 0 radical (unpaired) electrons. The topological polar surface area (TPSA) is 53.1 Å². The maximum absolute atomic E-state index is 6.40. The smallest absolute Gasteiger partial charge is 0.0994 e. The largest absolute Gasteiger partial charge is 0.381 e. The summed E-state index contributed by atoms with van der Waals surface area (Å²) in [5, 5.41) is 0.711. The SMILES string of the molecule is Cc1ccc(Cl)cc1-n1cncc1C(N)C1CCOC1. The van der Waals surface area contributed by atoms with E-state index in [0.29, 0.717) is 10.9 Å². The van der Waals surface area contributed by atoms with Crippen LogP contribution in [0.1, 0.15) is 23.7 Å². The minimum absolute atomic E-state index is 0.0709. The second-order valence-corrected chi connectivity index (χ2v) is 5.71. The van der Waals surface area contributed by atoms with Crippen LogP contribution >= 0.6 is 11.6 Å². The monoisotopic (exact) mass is 291 g/mol. The molecule has 1 aliphatic rings. The summed E-state index contributed by atoms with van der Waals surface area (Å²) in [6, 6.07) is 5.77. The Morgan fingerprint density at radius 2 is 2.35 bits per heavy atom. The Balaban J connectivity index is 1.99. The van der Waals surface area contributed by atoms with Crippen LogP contribution in [0.2, 0.25) is 5.02 Å². The van der Waals surface area contributed by atoms with Gasteiger partial charge in [0.2, 0.25) is 0 Å². The summed E-state index contributed by atoms with van der Waals surface area (Å²) in [6.07, 6.45) is 4.63. The van der Waals surface area contributed by atoms with E-state index in [9.17, 15) is 0 Å². The molecule has 3 rings (SSSR count). The predicted octanol–water partition coefficient (Wildman–Crippen LogP) is 2.87. The number of hydrogen-bond donors (Lipinski definition) is 1. The van der Waals surface area contributed by atoms with E-state index in [2.05, 4.69) is 11.9 Å². The van der Waals surface area contributed by atoms with Gasteiger partial charge in [-0.05, 0) is 31.0 Å². The average Bonchev–Trinajstić information content (AvgIpc) is 3.11. The lowest BCUT2D eigenvalue weighted by molar-refractivity contribution is 0.180. The van der Waals surface area contributed by atoms with E-state index < -0.39 is 0 Å². The van der Waals surface area contributed by atoms with Crippen molar-refractivity contribution in [1.29, 1.82) is 0 Å². The summed E-state index contributed by atoms with van der Waals surface area (Å²) in [5.41, 5.74) is 9.57. The van der Waals surface area contributed by atoms with Crippen molar-refractivity contribution in [3.05, 3.63) is 47.0 Å². The van der Waals surface area contributed by atoms with E-state index in [4.69, 9.17) is 22.1 Å². The number of imidazole rings is 1. The fourth-order valence-corrected chi connectivity index (χ4v) is 2.84. The fourth-order valence-electron chi connectivity index (χ4n) is 2.67. The number of halogens is 1. The lowest BCUT2D eigenvalue weighted by Crippen LogP contribution is -2.24. The first kappa shape index (κ1) is 13.6. The zero-order chi connectivity index (χ0) is 14.1. The van der Waals surface area contributed by atoms with E-state index in [-0.39, 0.29) is 6.04 Å². The van der Waals surface area contributed by atoms with E-state index >= 15 is 0 Å². The minimum Gasteiger partial charge on any atom is -0.381 e. The van der Waals surface area contributed by atoms with Gasteiger partial charge in [-0.2, -0.15) is 0 Å². The van der Waals surface area contributed by atoms with Gasteiger partial charge in [-0.15, -0.1) is 0 Å². The number of aryl methyl sites for hydroxylation is 1. The molecule has 1 aromatic heterocycles. The van der Waals surface area contributed by atoms with Gasteiger partial charge < -0.3 is 15.0 Å².